The zero-order valence-corrected chi connectivity index (χ0v) is 12.4. The molecule has 0 spiro atoms. The van der Waals surface area contributed by atoms with E-state index in [1.165, 1.54) is 29.5 Å². The Kier molecular flexibility index (Phi) is 6.37. The Morgan fingerprint density at radius 1 is 1.00 bits per heavy atom. The van der Waals surface area contributed by atoms with Crippen LogP contribution in [0.15, 0.2) is 18.2 Å². The van der Waals surface area contributed by atoms with Crippen LogP contribution in [0.3, 0.4) is 0 Å². The Balaban J connectivity index is 2.69. The van der Waals surface area contributed by atoms with E-state index >= 15 is 0 Å². The van der Waals surface area contributed by atoms with Gasteiger partial charge in [-0.25, -0.2) is 0 Å². The van der Waals surface area contributed by atoms with Crippen LogP contribution < -0.4 is 5.73 Å². The summed E-state index contributed by atoms with van der Waals surface area (Å²) in [6.45, 7) is 12.0. The highest BCUT2D eigenvalue weighted by molar-refractivity contribution is 5.30. The quantitative estimate of drug-likeness (QED) is 0.801. The minimum absolute atomic E-state index is 0.127. The van der Waals surface area contributed by atoms with E-state index in [0.29, 0.717) is 0 Å². The number of hydrogen-bond acceptors (Lipinski definition) is 2. The van der Waals surface area contributed by atoms with Crippen molar-refractivity contribution in [3.8, 4) is 0 Å². The van der Waals surface area contributed by atoms with E-state index in [4.69, 9.17) is 5.73 Å². The summed E-state index contributed by atoms with van der Waals surface area (Å²) in [5.41, 5.74) is 10.2. The SMILES string of the molecule is CCCN(CCC)CC(N)c1cc(C)cc(C)c1. The van der Waals surface area contributed by atoms with E-state index in [1.807, 2.05) is 0 Å². The number of nitrogens with two attached hydrogens (primary N) is 1. The van der Waals surface area contributed by atoms with E-state index in [-0.39, 0.29) is 6.04 Å². The molecule has 0 radical (unpaired) electrons. The molecule has 0 amide bonds. The van der Waals surface area contributed by atoms with Crippen molar-refractivity contribution in [2.24, 2.45) is 5.73 Å². The normalized spacial score (nSPS) is 13.0. The van der Waals surface area contributed by atoms with Crippen molar-refractivity contribution >= 4 is 0 Å². The summed E-state index contributed by atoms with van der Waals surface area (Å²) in [5.74, 6) is 0. The molecule has 2 heteroatoms. The molecule has 0 fully saturated rings. The van der Waals surface area contributed by atoms with Crippen molar-refractivity contribution in [2.45, 2.75) is 46.6 Å². The minimum atomic E-state index is 0.127. The first kappa shape index (κ1) is 15.2. The number of nitrogens with zero attached hydrogens (tertiary/aromatic N) is 1. The molecule has 0 aliphatic carbocycles. The molecule has 1 aromatic rings. The predicted molar refractivity (Wildman–Crippen MR) is 79.9 cm³/mol. The summed E-state index contributed by atoms with van der Waals surface area (Å²) in [6, 6.07) is 6.76. The topological polar surface area (TPSA) is 29.3 Å². The Labute approximate surface area is 112 Å². The Morgan fingerprint density at radius 2 is 1.50 bits per heavy atom. The third-order valence-electron chi connectivity index (χ3n) is 3.21. The zero-order chi connectivity index (χ0) is 13.5. The molecule has 0 bridgehead atoms. The summed E-state index contributed by atoms with van der Waals surface area (Å²) < 4.78 is 0. The van der Waals surface area contributed by atoms with Crippen LogP contribution in [0.1, 0.15) is 49.4 Å². The molecule has 102 valence electrons. The van der Waals surface area contributed by atoms with Crippen LogP contribution in [0, 0.1) is 13.8 Å². The fraction of sp³-hybridized carbons (Fsp3) is 0.625. The first-order valence-corrected chi connectivity index (χ1v) is 7.13. The van der Waals surface area contributed by atoms with Crippen molar-refractivity contribution in [3.63, 3.8) is 0 Å². The van der Waals surface area contributed by atoms with Crippen LogP contribution in [0.25, 0.3) is 0 Å². The van der Waals surface area contributed by atoms with Gasteiger partial charge in [0.2, 0.25) is 0 Å². The largest absolute Gasteiger partial charge is 0.323 e. The van der Waals surface area contributed by atoms with Crippen LogP contribution in [0.4, 0.5) is 0 Å². The Bertz CT molecular complexity index is 334. The first-order chi connectivity index (χ1) is 8.56. The van der Waals surface area contributed by atoms with Crippen molar-refractivity contribution in [1.82, 2.24) is 4.90 Å². The summed E-state index contributed by atoms with van der Waals surface area (Å²) >= 11 is 0. The summed E-state index contributed by atoms with van der Waals surface area (Å²) in [5, 5.41) is 0. The molecular weight excluding hydrogens is 220 g/mol. The maximum absolute atomic E-state index is 6.35. The van der Waals surface area contributed by atoms with Gasteiger partial charge in [-0.1, -0.05) is 43.2 Å². The summed E-state index contributed by atoms with van der Waals surface area (Å²) in [6.07, 6.45) is 2.39. The molecule has 2 N–H and O–H groups in total. The standard InChI is InChI=1S/C16H28N2/c1-5-7-18(8-6-2)12-16(17)15-10-13(3)9-14(4)11-15/h9-11,16H,5-8,12,17H2,1-4H3. The fourth-order valence-electron chi connectivity index (χ4n) is 2.53. The lowest BCUT2D eigenvalue weighted by Gasteiger charge is -2.25. The van der Waals surface area contributed by atoms with E-state index in [2.05, 4.69) is 50.8 Å². The van der Waals surface area contributed by atoms with Gasteiger partial charge in [0.1, 0.15) is 0 Å². The molecular formula is C16H28N2. The highest BCUT2D eigenvalue weighted by Gasteiger charge is 2.11. The third kappa shape index (κ3) is 4.79. The average Bonchev–Trinajstić information content (AvgIpc) is 2.28. The number of hydrogen-bond donors (Lipinski definition) is 1. The molecule has 1 unspecified atom stereocenters. The van der Waals surface area contributed by atoms with Gasteiger partial charge >= 0.3 is 0 Å². The van der Waals surface area contributed by atoms with Gasteiger partial charge in [0.05, 0.1) is 0 Å². The zero-order valence-electron chi connectivity index (χ0n) is 12.4. The predicted octanol–water partition coefficient (Wildman–Crippen LogP) is 3.43. The number of rotatable bonds is 7. The molecule has 0 saturated carbocycles. The van der Waals surface area contributed by atoms with Gasteiger partial charge in [-0.15, -0.1) is 0 Å². The van der Waals surface area contributed by atoms with E-state index in [1.54, 1.807) is 0 Å². The lowest BCUT2D eigenvalue weighted by atomic mass is 10.0. The average molecular weight is 248 g/mol. The van der Waals surface area contributed by atoms with Gasteiger partial charge in [-0.3, -0.25) is 0 Å². The van der Waals surface area contributed by atoms with E-state index < -0.39 is 0 Å². The van der Waals surface area contributed by atoms with Crippen LogP contribution >= 0.6 is 0 Å². The second-order valence-corrected chi connectivity index (χ2v) is 5.33. The molecule has 1 aromatic carbocycles. The fourth-order valence-corrected chi connectivity index (χ4v) is 2.53. The Hall–Kier alpha value is -0.860. The van der Waals surface area contributed by atoms with Gasteiger partial charge in [0, 0.05) is 12.6 Å². The number of aryl methyl sites for hydroxylation is 2. The number of benzene rings is 1. The van der Waals surface area contributed by atoms with Crippen molar-refractivity contribution in [1.29, 1.82) is 0 Å². The molecule has 1 rings (SSSR count). The van der Waals surface area contributed by atoms with Crippen LogP contribution in [-0.4, -0.2) is 24.5 Å². The van der Waals surface area contributed by atoms with Crippen molar-refractivity contribution in [2.75, 3.05) is 19.6 Å². The monoisotopic (exact) mass is 248 g/mol. The first-order valence-electron chi connectivity index (χ1n) is 7.13. The third-order valence-corrected chi connectivity index (χ3v) is 3.21. The molecule has 18 heavy (non-hydrogen) atoms. The maximum atomic E-state index is 6.35. The van der Waals surface area contributed by atoms with E-state index in [9.17, 15) is 0 Å². The van der Waals surface area contributed by atoms with Gasteiger partial charge in [0.25, 0.3) is 0 Å². The van der Waals surface area contributed by atoms with Crippen molar-refractivity contribution < 1.29 is 0 Å². The molecule has 0 saturated heterocycles. The van der Waals surface area contributed by atoms with Gasteiger partial charge in [-0.05, 0) is 45.3 Å². The van der Waals surface area contributed by atoms with Crippen LogP contribution in [0.2, 0.25) is 0 Å². The molecule has 0 aliphatic rings. The smallest absolute Gasteiger partial charge is 0.0424 e. The van der Waals surface area contributed by atoms with Crippen LogP contribution in [-0.2, 0) is 0 Å². The van der Waals surface area contributed by atoms with Gasteiger partial charge < -0.3 is 10.6 Å². The van der Waals surface area contributed by atoms with Gasteiger partial charge in [-0.2, -0.15) is 0 Å². The molecule has 0 heterocycles. The van der Waals surface area contributed by atoms with Crippen molar-refractivity contribution in [3.05, 3.63) is 34.9 Å². The second-order valence-electron chi connectivity index (χ2n) is 5.33. The molecule has 0 aromatic heterocycles. The summed E-state index contributed by atoms with van der Waals surface area (Å²) in [4.78, 5) is 2.47. The van der Waals surface area contributed by atoms with Crippen LogP contribution in [0.5, 0.6) is 0 Å². The highest BCUT2D eigenvalue weighted by Crippen LogP contribution is 2.16. The molecule has 1 atom stereocenters. The highest BCUT2D eigenvalue weighted by atomic mass is 15.1. The molecule has 2 nitrogen and oxygen atoms in total. The maximum Gasteiger partial charge on any atom is 0.0424 e. The molecule has 0 aliphatic heterocycles. The Morgan fingerprint density at radius 3 is 1.94 bits per heavy atom. The lowest BCUT2D eigenvalue weighted by Crippen LogP contribution is -2.33. The van der Waals surface area contributed by atoms with Gasteiger partial charge in [0.15, 0.2) is 0 Å². The second kappa shape index (κ2) is 7.55. The summed E-state index contributed by atoms with van der Waals surface area (Å²) in [7, 11) is 0. The lowest BCUT2D eigenvalue weighted by molar-refractivity contribution is 0.258. The van der Waals surface area contributed by atoms with E-state index in [0.717, 1.165) is 19.6 Å². The minimum Gasteiger partial charge on any atom is -0.323 e.